The molecule has 0 heterocycles. The Morgan fingerprint density at radius 1 is 1.44 bits per heavy atom. The first kappa shape index (κ1) is 6.85. The molecule has 1 fully saturated rings. The molecule has 9 heavy (non-hydrogen) atoms. The highest BCUT2D eigenvalue weighted by atomic mass is 14.3. The van der Waals surface area contributed by atoms with Gasteiger partial charge >= 0.3 is 0 Å². The highest BCUT2D eigenvalue weighted by Gasteiger charge is 2.22. The standard InChI is InChI=1S/C9H16/c1-7(2)9-6-4-5-8(9)3/h8-9H,1,4-6H2,2-3H3. The molecule has 0 aromatic heterocycles. The lowest BCUT2D eigenvalue weighted by atomic mass is 9.92. The van der Waals surface area contributed by atoms with Crippen molar-refractivity contribution in [1.29, 1.82) is 0 Å². The largest absolute Gasteiger partial charge is 0.0999 e. The van der Waals surface area contributed by atoms with Crippen molar-refractivity contribution in [3.63, 3.8) is 0 Å². The van der Waals surface area contributed by atoms with Gasteiger partial charge in [-0.3, -0.25) is 0 Å². The summed E-state index contributed by atoms with van der Waals surface area (Å²) in [5, 5.41) is 0. The number of hydrogen-bond acceptors (Lipinski definition) is 0. The monoisotopic (exact) mass is 124 g/mol. The van der Waals surface area contributed by atoms with Gasteiger partial charge in [-0.15, -0.1) is 0 Å². The van der Waals surface area contributed by atoms with Crippen molar-refractivity contribution < 1.29 is 0 Å². The Hall–Kier alpha value is -0.260. The molecule has 0 heteroatoms. The van der Waals surface area contributed by atoms with Gasteiger partial charge in [0, 0.05) is 0 Å². The van der Waals surface area contributed by atoms with Crippen LogP contribution in [0.25, 0.3) is 0 Å². The predicted octanol–water partition coefficient (Wildman–Crippen LogP) is 3.00. The van der Waals surface area contributed by atoms with E-state index in [4.69, 9.17) is 0 Å². The molecule has 0 bridgehead atoms. The molecule has 1 aliphatic rings. The van der Waals surface area contributed by atoms with Crippen LogP contribution >= 0.6 is 0 Å². The highest BCUT2D eigenvalue weighted by Crippen LogP contribution is 2.35. The van der Waals surface area contributed by atoms with Crippen molar-refractivity contribution in [2.75, 3.05) is 0 Å². The van der Waals surface area contributed by atoms with Crippen molar-refractivity contribution in [1.82, 2.24) is 0 Å². The van der Waals surface area contributed by atoms with Gasteiger partial charge in [-0.05, 0) is 25.2 Å². The van der Waals surface area contributed by atoms with Crippen molar-refractivity contribution >= 4 is 0 Å². The molecule has 52 valence electrons. The maximum atomic E-state index is 3.99. The van der Waals surface area contributed by atoms with Gasteiger partial charge in [0.15, 0.2) is 0 Å². The Bertz CT molecular complexity index is 113. The molecule has 2 unspecified atom stereocenters. The maximum absolute atomic E-state index is 3.99. The summed E-state index contributed by atoms with van der Waals surface area (Å²) in [7, 11) is 0. The SMILES string of the molecule is C=C(C)C1CCCC1C. The van der Waals surface area contributed by atoms with Crippen LogP contribution in [-0.4, -0.2) is 0 Å². The third-order valence-electron chi connectivity index (χ3n) is 2.49. The Kier molecular flexibility index (Phi) is 1.94. The number of rotatable bonds is 1. The van der Waals surface area contributed by atoms with E-state index < -0.39 is 0 Å². The number of allylic oxidation sites excluding steroid dienone is 1. The van der Waals surface area contributed by atoms with Crippen LogP contribution < -0.4 is 0 Å². The molecule has 0 amide bonds. The molecule has 0 aromatic rings. The molecule has 1 rings (SSSR count). The smallest absolute Gasteiger partial charge is 0.0183 e. The minimum Gasteiger partial charge on any atom is -0.0999 e. The normalized spacial score (nSPS) is 34.9. The average Bonchev–Trinajstić information content (AvgIpc) is 2.13. The van der Waals surface area contributed by atoms with Gasteiger partial charge in [-0.25, -0.2) is 0 Å². The Balaban J connectivity index is 2.49. The van der Waals surface area contributed by atoms with Crippen molar-refractivity contribution in [3.05, 3.63) is 12.2 Å². The summed E-state index contributed by atoms with van der Waals surface area (Å²) in [6.07, 6.45) is 4.22. The molecule has 0 saturated heterocycles. The first-order chi connectivity index (χ1) is 4.22. The van der Waals surface area contributed by atoms with Gasteiger partial charge in [-0.1, -0.05) is 31.9 Å². The van der Waals surface area contributed by atoms with Crippen LogP contribution in [0.15, 0.2) is 12.2 Å². The van der Waals surface area contributed by atoms with E-state index in [-0.39, 0.29) is 0 Å². The van der Waals surface area contributed by atoms with Crippen LogP contribution in [0.1, 0.15) is 33.1 Å². The second-order valence-corrected chi connectivity index (χ2v) is 3.36. The molecule has 0 N–H and O–H groups in total. The fraction of sp³-hybridized carbons (Fsp3) is 0.778. The lowest BCUT2D eigenvalue weighted by Crippen LogP contribution is -2.03. The molecule has 2 atom stereocenters. The van der Waals surface area contributed by atoms with Crippen LogP contribution in [0, 0.1) is 11.8 Å². The van der Waals surface area contributed by atoms with Gasteiger partial charge < -0.3 is 0 Å². The van der Waals surface area contributed by atoms with E-state index in [1.807, 2.05) is 0 Å². The van der Waals surface area contributed by atoms with E-state index in [1.54, 1.807) is 0 Å². The van der Waals surface area contributed by atoms with E-state index in [1.165, 1.54) is 24.8 Å². The first-order valence-electron chi connectivity index (χ1n) is 3.87. The van der Waals surface area contributed by atoms with E-state index in [0.717, 1.165) is 11.8 Å². The molecular weight excluding hydrogens is 108 g/mol. The third-order valence-corrected chi connectivity index (χ3v) is 2.49. The molecule has 1 aliphatic carbocycles. The predicted molar refractivity (Wildman–Crippen MR) is 41.3 cm³/mol. The van der Waals surface area contributed by atoms with Gasteiger partial charge in [0.25, 0.3) is 0 Å². The molecule has 0 spiro atoms. The van der Waals surface area contributed by atoms with Crippen LogP contribution in [0.2, 0.25) is 0 Å². The fourth-order valence-electron chi connectivity index (χ4n) is 1.88. The van der Waals surface area contributed by atoms with Gasteiger partial charge in [-0.2, -0.15) is 0 Å². The number of hydrogen-bond donors (Lipinski definition) is 0. The molecule has 0 aliphatic heterocycles. The summed E-state index contributed by atoms with van der Waals surface area (Å²) in [6.45, 7) is 8.49. The summed E-state index contributed by atoms with van der Waals surface area (Å²) < 4.78 is 0. The topological polar surface area (TPSA) is 0 Å². The summed E-state index contributed by atoms with van der Waals surface area (Å²) in [6, 6.07) is 0. The summed E-state index contributed by atoms with van der Waals surface area (Å²) in [5.74, 6) is 1.74. The third kappa shape index (κ3) is 1.35. The Labute approximate surface area is 58.0 Å². The maximum Gasteiger partial charge on any atom is -0.0183 e. The zero-order valence-corrected chi connectivity index (χ0v) is 6.48. The van der Waals surface area contributed by atoms with Crippen LogP contribution in [-0.2, 0) is 0 Å². The molecule has 1 saturated carbocycles. The van der Waals surface area contributed by atoms with E-state index in [9.17, 15) is 0 Å². The molecule has 0 radical (unpaired) electrons. The van der Waals surface area contributed by atoms with Crippen molar-refractivity contribution in [2.24, 2.45) is 11.8 Å². The fourth-order valence-corrected chi connectivity index (χ4v) is 1.88. The zero-order chi connectivity index (χ0) is 6.85. The minimum absolute atomic E-state index is 0.838. The first-order valence-corrected chi connectivity index (χ1v) is 3.87. The van der Waals surface area contributed by atoms with Crippen LogP contribution in [0.5, 0.6) is 0 Å². The van der Waals surface area contributed by atoms with E-state index >= 15 is 0 Å². The quantitative estimate of drug-likeness (QED) is 0.471. The van der Waals surface area contributed by atoms with Gasteiger partial charge in [0.1, 0.15) is 0 Å². The zero-order valence-electron chi connectivity index (χ0n) is 6.48. The van der Waals surface area contributed by atoms with Crippen LogP contribution in [0.4, 0.5) is 0 Å². The molecule has 0 nitrogen and oxygen atoms in total. The summed E-state index contributed by atoms with van der Waals surface area (Å²) >= 11 is 0. The Morgan fingerprint density at radius 3 is 2.33 bits per heavy atom. The summed E-state index contributed by atoms with van der Waals surface area (Å²) in [5.41, 5.74) is 1.39. The molecule has 0 aromatic carbocycles. The Morgan fingerprint density at radius 2 is 2.11 bits per heavy atom. The van der Waals surface area contributed by atoms with Crippen molar-refractivity contribution in [2.45, 2.75) is 33.1 Å². The van der Waals surface area contributed by atoms with Gasteiger partial charge in [0.2, 0.25) is 0 Å². The lowest BCUT2D eigenvalue weighted by Gasteiger charge is -2.13. The lowest BCUT2D eigenvalue weighted by molar-refractivity contribution is 0.481. The van der Waals surface area contributed by atoms with E-state index in [0.29, 0.717) is 0 Å². The second-order valence-electron chi connectivity index (χ2n) is 3.36. The second kappa shape index (κ2) is 2.55. The van der Waals surface area contributed by atoms with Gasteiger partial charge in [0.05, 0.1) is 0 Å². The molecular formula is C9H16. The average molecular weight is 124 g/mol. The van der Waals surface area contributed by atoms with E-state index in [2.05, 4.69) is 20.4 Å². The highest BCUT2D eigenvalue weighted by molar-refractivity contribution is 5.00. The minimum atomic E-state index is 0.838. The summed E-state index contributed by atoms with van der Waals surface area (Å²) in [4.78, 5) is 0. The van der Waals surface area contributed by atoms with Crippen molar-refractivity contribution in [3.8, 4) is 0 Å². The van der Waals surface area contributed by atoms with Crippen LogP contribution in [0.3, 0.4) is 0 Å².